The van der Waals surface area contributed by atoms with E-state index in [9.17, 15) is 14.4 Å². The van der Waals surface area contributed by atoms with E-state index >= 15 is 0 Å². The van der Waals surface area contributed by atoms with Gasteiger partial charge in [0.2, 0.25) is 5.91 Å². The predicted octanol–water partition coefficient (Wildman–Crippen LogP) is 2.05. The summed E-state index contributed by atoms with van der Waals surface area (Å²) in [4.78, 5) is 41.9. The first-order chi connectivity index (χ1) is 12.5. The van der Waals surface area contributed by atoms with Gasteiger partial charge in [-0.25, -0.2) is 4.98 Å². The molecule has 0 atom stereocenters. The van der Waals surface area contributed by atoms with Gasteiger partial charge < -0.3 is 9.73 Å². The Kier molecular flexibility index (Phi) is 3.76. The Hall–Kier alpha value is -3.48. The summed E-state index contributed by atoms with van der Waals surface area (Å²) in [5, 5.41) is 2.72. The molecule has 0 spiro atoms. The van der Waals surface area contributed by atoms with Gasteiger partial charge in [0.1, 0.15) is 12.1 Å². The summed E-state index contributed by atoms with van der Waals surface area (Å²) in [6.45, 7) is 1.73. The average Bonchev–Trinajstić information content (AvgIpc) is 3.12. The Morgan fingerprint density at radius 3 is 2.50 bits per heavy atom. The minimum absolute atomic E-state index is 0.268. The van der Waals surface area contributed by atoms with Gasteiger partial charge in [-0.05, 0) is 29.8 Å². The van der Waals surface area contributed by atoms with Gasteiger partial charge in [0.15, 0.2) is 11.5 Å². The lowest BCUT2D eigenvalue weighted by atomic mass is 10.1. The summed E-state index contributed by atoms with van der Waals surface area (Å²) < 4.78 is 5.41. The third kappa shape index (κ3) is 2.73. The molecule has 2 aromatic carbocycles. The Morgan fingerprint density at radius 1 is 1.12 bits per heavy atom. The summed E-state index contributed by atoms with van der Waals surface area (Å²) in [5.74, 6) is -0.719. The lowest BCUT2D eigenvalue weighted by Crippen LogP contribution is -2.40. The monoisotopic (exact) mass is 349 g/mol. The van der Waals surface area contributed by atoms with Gasteiger partial charge >= 0.3 is 0 Å². The number of nitrogens with zero attached hydrogens (tertiary/aromatic N) is 2. The zero-order valence-electron chi connectivity index (χ0n) is 14.0. The lowest BCUT2D eigenvalue weighted by Gasteiger charge is -2.13. The van der Waals surface area contributed by atoms with Crippen molar-refractivity contribution in [3.05, 3.63) is 65.0 Å². The van der Waals surface area contributed by atoms with E-state index in [2.05, 4.69) is 10.3 Å². The number of fused-ring (bicyclic) bond motifs is 2. The van der Waals surface area contributed by atoms with Crippen molar-refractivity contribution in [3.63, 3.8) is 0 Å². The number of rotatable bonds is 4. The standard InChI is InChI=1S/C19H15N3O4/c1-11-21-15-8-12(6-7-16(15)26-11)9-20-17(23)10-22-18(24)13-4-2-3-5-14(13)19(22)25/h2-8H,9-10H2,1H3,(H,20,23). The van der Waals surface area contributed by atoms with Crippen LogP contribution in [0, 0.1) is 6.92 Å². The number of amides is 3. The molecular formula is C19H15N3O4. The third-order valence-electron chi connectivity index (χ3n) is 4.23. The van der Waals surface area contributed by atoms with E-state index in [4.69, 9.17) is 4.42 Å². The van der Waals surface area contributed by atoms with Gasteiger partial charge in [0, 0.05) is 13.5 Å². The van der Waals surface area contributed by atoms with Crippen molar-refractivity contribution in [2.45, 2.75) is 13.5 Å². The minimum Gasteiger partial charge on any atom is -0.441 e. The highest BCUT2D eigenvalue weighted by Gasteiger charge is 2.36. The fraction of sp³-hybridized carbons (Fsp3) is 0.158. The van der Waals surface area contributed by atoms with Crippen LogP contribution in [0.25, 0.3) is 11.1 Å². The van der Waals surface area contributed by atoms with Crippen molar-refractivity contribution in [1.29, 1.82) is 0 Å². The van der Waals surface area contributed by atoms with Crippen LogP contribution in [0.3, 0.4) is 0 Å². The molecule has 0 bridgehead atoms. The summed E-state index contributed by atoms with van der Waals surface area (Å²) in [5.41, 5.74) is 2.91. The molecular weight excluding hydrogens is 334 g/mol. The second kappa shape index (κ2) is 6.11. The first-order valence-corrected chi connectivity index (χ1v) is 8.11. The molecule has 130 valence electrons. The highest BCUT2D eigenvalue weighted by Crippen LogP contribution is 2.22. The molecule has 1 aliphatic rings. The van der Waals surface area contributed by atoms with Crippen LogP contribution in [0.4, 0.5) is 0 Å². The van der Waals surface area contributed by atoms with E-state index < -0.39 is 17.7 Å². The second-order valence-electron chi connectivity index (χ2n) is 6.05. The molecule has 1 aromatic heterocycles. The van der Waals surface area contributed by atoms with E-state index in [-0.39, 0.29) is 13.1 Å². The van der Waals surface area contributed by atoms with Gasteiger partial charge in [-0.3, -0.25) is 19.3 Å². The van der Waals surface area contributed by atoms with Crippen LogP contribution in [0.5, 0.6) is 0 Å². The molecule has 1 N–H and O–H groups in total. The van der Waals surface area contributed by atoms with E-state index in [1.807, 2.05) is 12.1 Å². The summed E-state index contributed by atoms with van der Waals surface area (Å²) in [6, 6.07) is 12.0. The molecule has 0 aliphatic carbocycles. The van der Waals surface area contributed by atoms with Gasteiger partial charge in [0.05, 0.1) is 11.1 Å². The van der Waals surface area contributed by atoms with E-state index in [1.54, 1.807) is 37.3 Å². The number of oxazole rings is 1. The molecule has 7 heteroatoms. The van der Waals surface area contributed by atoms with Crippen molar-refractivity contribution in [2.75, 3.05) is 6.54 Å². The summed E-state index contributed by atoms with van der Waals surface area (Å²) >= 11 is 0. The number of imide groups is 1. The lowest BCUT2D eigenvalue weighted by molar-refractivity contribution is -0.121. The van der Waals surface area contributed by atoms with Crippen molar-refractivity contribution >= 4 is 28.8 Å². The van der Waals surface area contributed by atoms with Crippen LogP contribution >= 0.6 is 0 Å². The number of benzene rings is 2. The molecule has 0 saturated carbocycles. The number of hydrogen-bond acceptors (Lipinski definition) is 5. The minimum atomic E-state index is -0.444. The second-order valence-corrected chi connectivity index (χ2v) is 6.05. The quantitative estimate of drug-likeness (QED) is 0.728. The molecule has 7 nitrogen and oxygen atoms in total. The SMILES string of the molecule is Cc1nc2cc(CNC(=O)CN3C(=O)c4ccccc4C3=O)ccc2o1. The molecule has 1 aliphatic heterocycles. The number of aromatic nitrogens is 1. The van der Waals surface area contributed by atoms with Crippen molar-refractivity contribution in [1.82, 2.24) is 15.2 Å². The number of nitrogens with one attached hydrogen (secondary N) is 1. The molecule has 0 unspecified atom stereocenters. The van der Waals surface area contributed by atoms with Crippen LogP contribution in [0.2, 0.25) is 0 Å². The maximum absolute atomic E-state index is 12.3. The molecule has 3 amide bonds. The molecule has 4 rings (SSSR count). The fourth-order valence-electron chi connectivity index (χ4n) is 2.98. The van der Waals surface area contributed by atoms with Gasteiger partial charge in [-0.2, -0.15) is 0 Å². The topological polar surface area (TPSA) is 92.5 Å². The number of aryl methyl sites for hydroxylation is 1. The van der Waals surface area contributed by atoms with Crippen LogP contribution < -0.4 is 5.32 Å². The largest absolute Gasteiger partial charge is 0.441 e. The molecule has 0 fully saturated rings. The van der Waals surface area contributed by atoms with Crippen LogP contribution in [-0.2, 0) is 11.3 Å². The average molecular weight is 349 g/mol. The Morgan fingerprint density at radius 2 is 1.81 bits per heavy atom. The maximum Gasteiger partial charge on any atom is 0.262 e. The fourth-order valence-corrected chi connectivity index (χ4v) is 2.98. The first-order valence-electron chi connectivity index (χ1n) is 8.11. The Bertz CT molecular complexity index is 1020. The first kappa shape index (κ1) is 16.0. The normalized spacial score (nSPS) is 13.3. The molecule has 0 radical (unpaired) electrons. The Balaban J connectivity index is 1.41. The molecule has 0 saturated heterocycles. The molecule has 26 heavy (non-hydrogen) atoms. The Labute approximate surface area is 148 Å². The van der Waals surface area contributed by atoms with Gasteiger partial charge in [-0.15, -0.1) is 0 Å². The molecule has 3 aromatic rings. The van der Waals surface area contributed by atoms with Gasteiger partial charge in [0.25, 0.3) is 11.8 Å². The van der Waals surface area contributed by atoms with Crippen LogP contribution in [-0.4, -0.2) is 34.2 Å². The van der Waals surface area contributed by atoms with Gasteiger partial charge in [-0.1, -0.05) is 18.2 Å². The van der Waals surface area contributed by atoms with Crippen molar-refractivity contribution < 1.29 is 18.8 Å². The predicted molar refractivity (Wildman–Crippen MR) is 92.4 cm³/mol. The highest BCUT2D eigenvalue weighted by molar-refractivity contribution is 6.22. The zero-order valence-corrected chi connectivity index (χ0v) is 14.0. The smallest absolute Gasteiger partial charge is 0.262 e. The highest BCUT2D eigenvalue weighted by atomic mass is 16.3. The van der Waals surface area contributed by atoms with E-state index in [0.717, 1.165) is 16.0 Å². The van der Waals surface area contributed by atoms with E-state index in [0.29, 0.717) is 22.6 Å². The van der Waals surface area contributed by atoms with Crippen molar-refractivity contribution in [3.8, 4) is 0 Å². The zero-order chi connectivity index (χ0) is 18.3. The van der Waals surface area contributed by atoms with Crippen LogP contribution in [0.15, 0.2) is 46.9 Å². The third-order valence-corrected chi connectivity index (χ3v) is 4.23. The van der Waals surface area contributed by atoms with Crippen molar-refractivity contribution in [2.24, 2.45) is 0 Å². The number of carbonyl (C=O) groups is 3. The number of hydrogen-bond donors (Lipinski definition) is 1. The maximum atomic E-state index is 12.3. The number of carbonyl (C=O) groups excluding carboxylic acids is 3. The summed E-state index contributed by atoms with van der Waals surface area (Å²) in [7, 11) is 0. The summed E-state index contributed by atoms with van der Waals surface area (Å²) in [6.07, 6.45) is 0. The van der Waals surface area contributed by atoms with E-state index in [1.165, 1.54) is 0 Å². The van der Waals surface area contributed by atoms with Crippen LogP contribution in [0.1, 0.15) is 32.2 Å². The molecule has 2 heterocycles.